The minimum atomic E-state index is -2.16. The molecule has 2 aliphatic carbocycles. The summed E-state index contributed by atoms with van der Waals surface area (Å²) in [5.74, 6) is -0.918. The van der Waals surface area contributed by atoms with Crippen molar-refractivity contribution >= 4 is 131 Å². The molecule has 0 unspecified atom stereocenters. The highest BCUT2D eigenvalue weighted by Gasteiger charge is 2.32. The highest BCUT2D eigenvalue weighted by atomic mass is 16.4. The molecule has 12 heterocycles. The fourth-order valence-electron chi connectivity index (χ4n) is 18.9. The smallest absolute Gasteiger partial charge is 0.227 e. The molecule has 2 fully saturated rings. The lowest BCUT2D eigenvalue weighted by Gasteiger charge is -2.21. The fraction of sp³-hybridized carbons (Fsp3) is 0.238. The summed E-state index contributed by atoms with van der Waals surface area (Å²) in [7, 11) is 8.17. The summed E-state index contributed by atoms with van der Waals surface area (Å²) in [5, 5.41) is 18.1. The third-order valence-electron chi connectivity index (χ3n) is 24.9. The molecule has 0 aliphatic heterocycles. The van der Waals surface area contributed by atoms with E-state index in [4.69, 9.17) is 24.5 Å². The van der Waals surface area contributed by atoms with Crippen LogP contribution in [0, 0.1) is 41.5 Å². The molecule has 117 heavy (non-hydrogen) atoms. The Bertz CT molecular complexity index is 7640. The number of aryl methyl sites for hydroxylation is 10. The van der Waals surface area contributed by atoms with E-state index in [-0.39, 0.29) is 5.41 Å². The average Bonchev–Trinajstić information content (AvgIpc) is 1.55. The van der Waals surface area contributed by atoms with Crippen molar-refractivity contribution in [2.45, 2.75) is 137 Å². The van der Waals surface area contributed by atoms with Crippen LogP contribution in [0.1, 0.15) is 147 Å². The maximum Gasteiger partial charge on any atom is 0.227 e. The Morgan fingerprint density at radius 3 is 0.932 bits per heavy atom. The molecule has 12 aromatic heterocycles. The molecule has 0 spiro atoms. The highest BCUT2D eigenvalue weighted by Crippen LogP contribution is 2.48. The van der Waals surface area contributed by atoms with Crippen LogP contribution in [0.4, 0.5) is 0 Å². The first kappa shape index (κ1) is 68.6. The molecule has 0 N–H and O–H groups in total. The highest BCUT2D eigenvalue weighted by molar-refractivity contribution is 6.26. The van der Waals surface area contributed by atoms with E-state index in [0.29, 0.717) is 28.4 Å². The molecule has 20 aromatic rings. The Labute approximate surface area is 688 Å². The largest absolute Gasteiger partial charge is 0.437 e. The molecule has 2 aliphatic rings. The van der Waals surface area contributed by atoms with Crippen molar-refractivity contribution in [3.63, 3.8) is 0 Å². The van der Waals surface area contributed by atoms with E-state index in [1.165, 1.54) is 61.0 Å². The topological polar surface area (TPSA) is 120 Å². The van der Waals surface area contributed by atoms with Gasteiger partial charge in [0, 0.05) is 121 Å². The second-order valence-corrected chi connectivity index (χ2v) is 33.2. The molecular weight excluding hydrogens is 1440 g/mol. The normalized spacial score (nSPS) is 14.9. The molecule has 22 rings (SSSR count). The minimum Gasteiger partial charge on any atom is -0.437 e. The summed E-state index contributed by atoms with van der Waals surface area (Å²) in [5.41, 5.74) is 24.1. The van der Waals surface area contributed by atoms with E-state index in [9.17, 15) is 0 Å². The summed E-state index contributed by atoms with van der Waals surface area (Å²) in [6.45, 7) is 15.1. The minimum absolute atomic E-state index is 0.104. The van der Waals surface area contributed by atoms with E-state index in [2.05, 4.69) is 261 Å². The molecule has 12 heteroatoms. The van der Waals surface area contributed by atoms with Crippen LogP contribution in [0.2, 0.25) is 0 Å². The predicted molar refractivity (Wildman–Crippen MR) is 477 cm³/mol. The van der Waals surface area contributed by atoms with E-state index in [1.54, 1.807) is 31.0 Å². The number of hydrogen-bond donors (Lipinski definition) is 0. The molecule has 0 radical (unpaired) electrons. The number of benzene rings is 8. The summed E-state index contributed by atoms with van der Waals surface area (Å²) in [6.07, 6.45) is 24.9. The van der Waals surface area contributed by atoms with Gasteiger partial charge in [-0.3, -0.25) is 0 Å². The molecule has 12 nitrogen and oxygen atoms in total. The number of furan rings is 4. The van der Waals surface area contributed by atoms with Crippen LogP contribution in [-0.2, 0) is 33.6 Å². The first-order valence-corrected chi connectivity index (χ1v) is 41.0. The van der Waals surface area contributed by atoms with Gasteiger partial charge in [0.25, 0.3) is 0 Å². The van der Waals surface area contributed by atoms with Crippen LogP contribution < -0.4 is 18.3 Å². The molecule has 0 bridgehead atoms. The molecule has 0 amide bonds. The first-order chi connectivity index (χ1) is 58.8. The Kier molecular flexibility index (Phi) is 17.5. The zero-order valence-corrected chi connectivity index (χ0v) is 68.6. The van der Waals surface area contributed by atoms with E-state index in [1.807, 2.05) is 67.1 Å². The van der Waals surface area contributed by atoms with Gasteiger partial charge >= 0.3 is 0 Å². The summed E-state index contributed by atoms with van der Waals surface area (Å²) in [4.78, 5) is 17.9. The summed E-state index contributed by atoms with van der Waals surface area (Å²) in [6, 6.07) is 65.2. The van der Waals surface area contributed by atoms with Crippen molar-refractivity contribution in [1.29, 1.82) is 0 Å². The van der Waals surface area contributed by atoms with Gasteiger partial charge in [-0.05, 0) is 222 Å². The maximum atomic E-state index is 9.05. The third-order valence-corrected chi connectivity index (χ3v) is 24.9. The van der Waals surface area contributed by atoms with Crippen molar-refractivity contribution < 1.29 is 42.8 Å². The molecular formula is C105H98N8O4+4. The number of nitrogens with zero attached hydrogens (tertiary/aromatic N) is 8. The maximum absolute atomic E-state index is 9.05. The number of fused-ring (bicyclic) bond motifs is 20. The Morgan fingerprint density at radius 2 is 0.615 bits per heavy atom. The predicted octanol–water partition coefficient (Wildman–Crippen LogP) is 25.4. The SMILES string of the molecule is Cc1c(-c2ccc(C(C)(C)C)c[n+]2C)c2oc3ncccc3c2c2ccccc12.[2H]C([2H])([2H])c1c[n+](C)c(-c2c(C)c3ccccc3c3c2oc2ncccc23)cc1C.[2H]C1(c2ccc(-c3c(C)c4ccccc4c4c3oc3ncccc34)[n+](C)c2)CCCC1.[2H]C1(c2ccc(-c3c(C)c4ccccc4c4c3oc3ncccc34)[n+](C)c2)CCCCC1. The molecule has 0 saturated heterocycles. The summed E-state index contributed by atoms with van der Waals surface area (Å²) >= 11 is 0. The van der Waals surface area contributed by atoms with Crippen LogP contribution >= 0.6 is 0 Å². The van der Waals surface area contributed by atoms with Crippen LogP contribution in [-0.4, -0.2) is 19.9 Å². The van der Waals surface area contributed by atoms with Gasteiger partial charge < -0.3 is 17.7 Å². The van der Waals surface area contributed by atoms with Gasteiger partial charge in [-0.15, -0.1) is 0 Å². The number of rotatable bonds is 6. The summed E-state index contributed by atoms with van der Waals surface area (Å²) < 4.78 is 75.3. The van der Waals surface area contributed by atoms with Crippen molar-refractivity contribution in [2.75, 3.05) is 0 Å². The van der Waals surface area contributed by atoms with Crippen molar-refractivity contribution in [3.8, 4) is 45.0 Å². The number of hydrogen-bond acceptors (Lipinski definition) is 8. The Morgan fingerprint density at radius 1 is 0.325 bits per heavy atom. The van der Waals surface area contributed by atoms with Crippen molar-refractivity contribution in [3.05, 3.63) is 288 Å². The fourth-order valence-corrected chi connectivity index (χ4v) is 18.9. The van der Waals surface area contributed by atoms with Crippen molar-refractivity contribution in [2.24, 2.45) is 28.2 Å². The van der Waals surface area contributed by atoms with Gasteiger partial charge in [-0.25, -0.2) is 38.2 Å². The monoisotopic (exact) mass is 1540 g/mol. The van der Waals surface area contributed by atoms with Gasteiger partial charge in [0.1, 0.15) is 28.2 Å². The second kappa shape index (κ2) is 29.8. The first-order valence-electron chi connectivity index (χ1n) is 43.5. The van der Waals surface area contributed by atoms with Crippen LogP contribution in [0.5, 0.6) is 0 Å². The van der Waals surface area contributed by atoms with Crippen LogP contribution in [0.15, 0.2) is 255 Å². The van der Waals surface area contributed by atoms with E-state index in [0.717, 1.165) is 195 Å². The molecule has 578 valence electrons. The number of pyridine rings is 8. The number of aromatic nitrogens is 8. The van der Waals surface area contributed by atoms with Crippen LogP contribution in [0.3, 0.4) is 0 Å². The standard InChI is InChI=1S/C28H27N2O.C27H25N2O.C26H25N2O.C24H21N2O/c1-18-21-11-6-7-12-22(21)26-23-13-8-16-29-28(23)31-27(26)25(18)24-15-14-20(17-30(24)2)19-9-4-3-5-10-19;1-17-20-10-5-6-11-21(20)25-22-12-7-15-28-27(22)30-26(25)24(17)23-14-13-19(16-29(23)2)18-8-3-4-9-18;1-16-18-9-6-7-10-19(18)23-20-11-8-14-27-25(20)29-24(23)22(16)21-13-12-17(15-28(21)5)26(2,3)4;1-14-12-20(26(4)13-15(14)2)21-16(3)17-8-5-6-9-18(17)22-19-10-7-11-25-24(19)27-23(21)22/h6-8,11-17,19H,3-5,9-10H2,1-2H3;5-7,10-16,18H,3-4,8-9H2,1-2H3;6-15H,1-5H3;5-13H,1-4H3/q4*+1/i19D;18D;;2D3. The van der Waals surface area contributed by atoms with Crippen molar-refractivity contribution in [1.82, 2.24) is 19.9 Å². The molecule has 2 saturated carbocycles. The Balaban J connectivity index is 0.000000107. The zero-order valence-electron chi connectivity index (χ0n) is 73.6. The lowest BCUT2D eigenvalue weighted by atomic mass is 9.84. The lowest BCUT2D eigenvalue weighted by Crippen LogP contribution is -2.33. The van der Waals surface area contributed by atoms with Gasteiger partial charge in [0.2, 0.25) is 45.6 Å². The van der Waals surface area contributed by atoms with Gasteiger partial charge in [-0.1, -0.05) is 150 Å². The molecule has 8 aromatic carbocycles. The average molecular weight is 1540 g/mol. The Hall–Kier alpha value is -12.8. The van der Waals surface area contributed by atoms with Gasteiger partial charge in [0.05, 0.1) is 22.3 Å². The van der Waals surface area contributed by atoms with E-state index < -0.39 is 18.6 Å². The van der Waals surface area contributed by atoms with Crippen LogP contribution in [0.25, 0.3) is 176 Å². The third kappa shape index (κ3) is 12.8. The van der Waals surface area contributed by atoms with Gasteiger partial charge in [-0.2, -0.15) is 0 Å². The molecule has 0 atom stereocenters. The second-order valence-electron chi connectivity index (χ2n) is 33.2. The lowest BCUT2D eigenvalue weighted by molar-refractivity contribution is -0.661. The quantitative estimate of drug-likeness (QED) is 0.151. The van der Waals surface area contributed by atoms with E-state index >= 15 is 0 Å². The zero-order chi connectivity index (χ0) is 84.6. The van der Waals surface area contributed by atoms with Gasteiger partial charge in [0.15, 0.2) is 47.1 Å².